The van der Waals surface area contributed by atoms with Crippen molar-refractivity contribution in [1.29, 1.82) is 0 Å². The van der Waals surface area contributed by atoms with Gasteiger partial charge in [0.05, 0.1) is 25.3 Å². The van der Waals surface area contributed by atoms with Crippen LogP contribution in [-0.4, -0.2) is 50.0 Å². The summed E-state index contributed by atoms with van der Waals surface area (Å²) in [4.78, 5) is 49.4. The molecule has 0 N–H and O–H groups in total. The number of benzene rings is 1. The molecule has 0 atom stereocenters. The molecule has 1 aliphatic rings. The van der Waals surface area contributed by atoms with E-state index in [1.165, 1.54) is 11.0 Å². The number of nitrogens with zero attached hydrogens (tertiary/aromatic N) is 1. The van der Waals surface area contributed by atoms with Crippen molar-refractivity contribution in [2.24, 2.45) is 5.92 Å². The fourth-order valence-electron chi connectivity index (χ4n) is 2.58. The number of fused-ring (bicyclic) bond motifs is 1. The van der Waals surface area contributed by atoms with Gasteiger partial charge in [-0.3, -0.25) is 24.1 Å². The zero-order valence-electron chi connectivity index (χ0n) is 16.4. The highest BCUT2D eigenvalue weighted by Gasteiger charge is 2.29. The Labute approximate surface area is 163 Å². The predicted molar refractivity (Wildman–Crippen MR) is 100 cm³/mol. The van der Waals surface area contributed by atoms with E-state index in [2.05, 4.69) is 0 Å². The summed E-state index contributed by atoms with van der Waals surface area (Å²) in [6, 6.07) is 4.64. The third-order valence-corrected chi connectivity index (χ3v) is 3.95. The SMILES string of the molecule is CCOC(=O)CCC(=O)c1ccc2c(c1)N(CC(=O)OCC(C)C)C(=O)CO2. The van der Waals surface area contributed by atoms with Gasteiger partial charge in [-0.25, -0.2) is 0 Å². The Hall–Kier alpha value is -2.90. The van der Waals surface area contributed by atoms with Crippen LogP contribution >= 0.6 is 0 Å². The van der Waals surface area contributed by atoms with Gasteiger partial charge in [0.15, 0.2) is 12.4 Å². The lowest BCUT2D eigenvalue weighted by Crippen LogP contribution is -2.42. The molecule has 0 bridgehead atoms. The molecule has 0 saturated carbocycles. The summed E-state index contributed by atoms with van der Waals surface area (Å²) >= 11 is 0. The number of ketones is 1. The van der Waals surface area contributed by atoms with Gasteiger partial charge in [-0.1, -0.05) is 13.8 Å². The van der Waals surface area contributed by atoms with E-state index in [0.717, 1.165) is 0 Å². The molecule has 0 unspecified atom stereocenters. The van der Waals surface area contributed by atoms with E-state index >= 15 is 0 Å². The largest absolute Gasteiger partial charge is 0.482 e. The number of ether oxygens (including phenoxy) is 3. The minimum Gasteiger partial charge on any atom is -0.482 e. The number of carbonyl (C=O) groups excluding carboxylic acids is 4. The Morgan fingerprint density at radius 1 is 1.14 bits per heavy atom. The van der Waals surface area contributed by atoms with Gasteiger partial charge in [0.2, 0.25) is 0 Å². The zero-order valence-corrected chi connectivity index (χ0v) is 16.4. The molecule has 1 amide bonds. The number of Topliss-reactive ketones (excluding diaryl/α,β-unsaturated/α-hetero) is 1. The molecule has 0 spiro atoms. The first-order valence-electron chi connectivity index (χ1n) is 9.23. The fraction of sp³-hybridized carbons (Fsp3) is 0.500. The van der Waals surface area contributed by atoms with E-state index in [4.69, 9.17) is 14.2 Å². The highest BCUT2D eigenvalue weighted by Crippen LogP contribution is 2.33. The zero-order chi connectivity index (χ0) is 20.7. The topological polar surface area (TPSA) is 99.2 Å². The molecule has 8 heteroatoms. The predicted octanol–water partition coefficient (Wildman–Crippen LogP) is 2.14. The second-order valence-electron chi connectivity index (χ2n) is 6.76. The number of hydrogen-bond acceptors (Lipinski definition) is 7. The molecule has 0 fully saturated rings. The van der Waals surface area contributed by atoms with Crippen molar-refractivity contribution in [3.8, 4) is 5.75 Å². The molecule has 0 aliphatic carbocycles. The third kappa shape index (κ3) is 5.80. The van der Waals surface area contributed by atoms with E-state index in [9.17, 15) is 19.2 Å². The second-order valence-corrected chi connectivity index (χ2v) is 6.76. The number of anilines is 1. The molecular formula is C20H25NO7. The first kappa shape index (κ1) is 21.4. The quantitative estimate of drug-likeness (QED) is 0.470. The Balaban J connectivity index is 2.12. The molecule has 1 aliphatic heterocycles. The van der Waals surface area contributed by atoms with E-state index in [1.54, 1.807) is 19.1 Å². The number of amides is 1. The van der Waals surface area contributed by atoms with Crippen LogP contribution < -0.4 is 9.64 Å². The van der Waals surface area contributed by atoms with Gasteiger partial charge in [0.1, 0.15) is 12.3 Å². The van der Waals surface area contributed by atoms with Gasteiger partial charge in [0.25, 0.3) is 5.91 Å². The van der Waals surface area contributed by atoms with Crippen molar-refractivity contribution in [1.82, 2.24) is 0 Å². The minimum atomic E-state index is -0.533. The molecular weight excluding hydrogens is 366 g/mol. The summed E-state index contributed by atoms with van der Waals surface area (Å²) in [7, 11) is 0. The smallest absolute Gasteiger partial charge is 0.326 e. The van der Waals surface area contributed by atoms with Crippen LogP contribution in [0.2, 0.25) is 0 Å². The van der Waals surface area contributed by atoms with Crippen molar-refractivity contribution in [2.45, 2.75) is 33.6 Å². The molecule has 152 valence electrons. The van der Waals surface area contributed by atoms with Crippen LogP contribution in [0.3, 0.4) is 0 Å². The van der Waals surface area contributed by atoms with Crippen LogP contribution in [0, 0.1) is 5.92 Å². The summed E-state index contributed by atoms with van der Waals surface area (Å²) < 4.78 is 15.3. The average Bonchev–Trinajstić information content (AvgIpc) is 2.66. The van der Waals surface area contributed by atoms with Crippen LogP contribution in [0.15, 0.2) is 18.2 Å². The molecule has 1 aromatic carbocycles. The first-order chi connectivity index (χ1) is 13.3. The lowest BCUT2D eigenvalue weighted by Gasteiger charge is -2.29. The summed E-state index contributed by atoms with van der Waals surface area (Å²) in [6.07, 6.45) is -0.0344. The lowest BCUT2D eigenvalue weighted by atomic mass is 10.0. The number of esters is 2. The molecule has 0 radical (unpaired) electrons. The van der Waals surface area contributed by atoms with Crippen LogP contribution in [-0.2, 0) is 23.9 Å². The monoisotopic (exact) mass is 391 g/mol. The summed E-state index contributed by atoms with van der Waals surface area (Å²) in [5, 5.41) is 0. The maximum atomic E-state index is 12.4. The Kier molecular flexibility index (Phi) is 7.54. The molecule has 28 heavy (non-hydrogen) atoms. The Morgan fingerprint density at radius 2 is 1.89 bits per heavy atom. The van der Waals surface area contributed by atoms with Gasteiger partial charge < -0.3 is 14.2 Å². The minimum absolute atomic E-state index is 0.0111. The van der Waals surface area contributed by atoms with Crippen molar-refractivity contribution >= 4 is 29.3 Å². The van der Waals surface area contributed by atoms with Crippen molar-refractivity contribution in [2.75, 3.05) is 31.3 Å². The van der Waals surface area contributed by atoms with Gasteiger partial charge in [-0.15, -0.1) is 0 Å². The van der Waals surface area contributed by atoms with E-state index in [0.29, 0.717) is 17.0 Å². The van der Waals surface area contributed by atoms with Crippen LogP contribution in [0.5, 0.6) is 5.75 Å². The number of hydrogen-bond donors (Lipinski definition) is 0. The highest BCUT2D eigenvalue weighted by atomic mass is 16.5. The number of carbonyl (C=O) groups is 4. The van der Waals surface area contributed by atoms with Gasteiger partial charge in [-0.2, -0.15) is 0 Å². The fourth-order valence-corrected chi connectivity index (χ4v) is 2.58. The average molecular weight is 391 g/mol. The highest BCUT2D eigenvalue weighted by molar-refractivity contribution is 6.04. The van der Waals surface area contributed by atoms with Crippen molar-refractivity contribution in [3.05, 3.63) is 23.8 Å². The van der Waals surface area contributed by atoms with E-state index in [1.807, 2.05) is 13.8 Å². The summed E-state index contributed by atoms with van der Waals surface area (Å²) in [6.45, 7) is 5.58. The van der Waals surface area contributed by atoms with Gasteiger partial charge in [-0.05, 0) is 31.0 Å². The molecule has 8 nitrogen and oxygen atoms in total. The molecule has 0 aromatic heterocycles. The van der Waals surface area contributed by atoms with Crippen LogP contribution in [0.25, 0.3) is 0 Å². The third-order valence-electron chi connectivity index (χ3n) is 3.95. The number of rotatable bonds is 9. The van der Waals surface area contributed by atoms with Crippen LogP contribution in [0.1, 0.15) is 44.0 Å². The molecule has 2 rings (SSSR count). The van der Waals surface area contributed by atoms with Gasteiger partial charge in [0, 0.05) is 12.0 Å². The Morgan fingerprint density at radius 3 is 2.57 bits per heavy atom. The lowest BCUT2D eigenvalue weighted by molar-refractivity contribution is -0.144. The molecule has 1 heterocycles. The summed E-state index contributed by atoms with van der Waals surface area (Å²) in [5.41, 5.74) is 0.654. The second kappa shape index (κ2) is 9.87. The maximum absolute atomic E-state index is 12.4. The van der Waals surface area contributed by atoms with Crippen LogP contribution in [0.4, 0.5) is 5.69 Å². The maximum Gasteiger partial charge on any atom is 0.326 e. The standard InChI is InChI=1S/C20H25NO7/c1-4-26-19(24)8-6-16(22)14-5-7-17-15(9-14)21(18(23)12-27-17)10-20(25)28-11-13(2)3/h5,7,9,13H,4,6,8,10-12H2,1-3H3. The molecule has 1 aromatic rings. The van der Waals surface area contributed by atoms with Crippen molar-refractivity contribution < 1.29 is 33.4 Å². The van der Waals surface area contributed by atoms with E-state index in [-0.39, 0.29) is 50.9 Å². The Bertz CT molecular complexity index is 757. The molecule has 0 saturated heterocycles. The first-order valence-corrected chi connectivity index (χ1v) is 9.23. The summed E-state index contributed by atoms with van der Waals surface area (Å²) in [5.74, 6) is -1.06. The van der Waals surface area contributed by atoms with Crippen molar-refractivity contribution in [3.63, 3.8) is 0 Å². The van der Waals surface area contributed by atoms with Gasteiger partial charge >= 0.3 is 11.9 Å². The van der Waals surface area contributed by atoms with E-state index < -0.39 is 17.8 Å². The normalized spacial score (nSPS) is 13.0.